The number of methoxy groups -OCH3 is 1. The number of anilines is 5. The van der Waals surface area contributed by atoms with Crippen LogP contribution in [0, 0.1) is 19.8 Å². The Bertz CT molecular complexity index is 3210. The van der Waals surface area contributed by atoms with Gasteiger partial charge in [0.05, 0.1) is 34.7 Å². The van der Waals surface area contributed by atoms with Crippen molar-refractivity contribution >= 4 is 77.4 Å². The van der Waals surface area contributed by atoms with Crippen LogP contribution in [0.5, 0.6) is 5.75 Å². The van der Waals surface area contributed by atoms with Gasteiger partial charge in [-0.15, -0.1) is 0 Å². The van der Waals surface area contributed by atoms with Gasteiger partial charge in [-0.1, -0.05) is 78.9 Å². The lowest BCUT2D eigenvalue weighted by molar-refractivity contribution is 0.415. The number of para-hydroxylation sites is 2. The third kappa shape index (κ3) is 10.2. The first-order valence-corrected chi connectivity index (χ1v) is 23.6. The van der Waals surface area contributed by atoms with Crippen LogP contribution in [0.3, 0.4) is 0 Å². The highest BCUT2D eigenvalue weighted by molar-refractivity contribution is 7.90. The van der Waals surface area contributed by atoms with Crippen LogP contribution >= 0.6 is 0 Å². The Kier molecular flexibility index (Phi) is 12.9. The summed E-state index contributed by atoms with van der Waals surface area (Å²) in [6.45, 7) is 4.07. The lowest BCUT2D eigenvalue weighted by Gasteiger charge is -2.39. The van der Waals surface area contributed by atoms with E-state index in [1.54, 1.807) is 36.4 Å². The van der Waals surface area contributed by atoms with Crippen LogP contribution in [-0.2, 0) is 20.2 Å². The molecule has 16 heteroatoms. The van der Waals surface area contributed by atoms with Gasteiger partial charge in [0.2, 0.25) is 11.4 Å². The normalized spacial score (nSPS) is 16.6. The number of guanidine groups is 1. The maximum Gasteiger partial charge on any atom is 0.236 e. The summed E-state index contributed by atoms with van der Waals surface area (Å²) in [5.74, 6) is 0.281. The largest absolute Gasteiger partial charge is 0.744 e. The number of nitrogens with one attached hydrogen (secondary N) is 4. The number of aryl methyl sites for hydroxylation is 2. The second-order valence-corrected chi connectivity index (χ2v) is 18.4. The van der Waals surface area contributed by atoms with Gasteiger partial charge in [-0.2, -0.15) is 4.58 Å². The molecular weight excluding hydrogens is 875 g/mol. The van der Waals surface area contributed by atoms with Crippen molar-refractivity contribution in [3.05, 3.63) is 191 Å². The quantitative estimate of drug-likeness (QED) is 0.0377. The van der Waals surface area contributed by atoms with E-state index in [2.05, 4.69) is 26.3 Å². The lowest BCUT2D eigenvalue weighted by atomic mass is 9.76. The van der Waals surface area contributed by atoms with E-state index < -0.39 is 37.1 Å². The standard InChI is InChI=1S/C35H30N4O7S2.C15H17N3/c1-46-25-15-8-12-23(18-25)37-28-19-30-27(21-33(28)48(43,44)45)38-35-26-16-9-17-32(47(40,41)42)34(26)29(36-22-10-4-2-5-11-22)20-31(35)39(30)24-13-6-3-7-14-24;1-11-5-3-7-13(9-11)17-15(16)18-14-8-4-6-12(2)10-14/h2-19,21,26,35-38H,20H2,1H3,(H-,40,41,42,43,44,45);3-10H,1-2H3,(H3,16,17,18)/p-1. The predicted molar refractivity (Wildman–Crippen MR) is 260 cm³/mol. The Morgan fingerprint density at radius 3 is 2.11 bits per heavy atom. The predicted octanol–water partition coefficient (Wildman–Crippen LogP) is 9.16. The molecule has 2 unspecified atom stereocenters. The molecule has 3 aliphatic rings. The molecule has 6 aromatic rings. The molecule has 1 heterocycles. The molecule has 0 amide bonds. The minimum absolute atomic E-state index is 0.0636. The van der Waals surface area contributed by atoms with Crippen molar-refractivity contribution in [2.24, 2.45) is 16.6 Å². The zero-order valence-electron chi connectivity index (χ0n) is 36.1. The number of allylic oxidation sites excluding steroid dienone is 4. The molecular formula is C50H46N7O7S2-. The number of rotatable bonds is 10. The number of aliphatic imine (C=N–C) groups is 1. The minimum atomic E-state index is -4.98. The first kappa shape index (κ1) is 45.1. The zero-order valence-corrected chi connectivity index (χ0v) is 37.7. The number of ether oxygens (including phenoxy) is 1. The SMILES string of the molecule is COc1cccc(Nc2cc3c(cc2S(=O)(=O)[O-])NC2C(=[N+]3c3ccccc3)CC(Nc3ccccc3)=C3C(S(=O)(=O)[O-])=CC=CC32)c1.Cc1cccc(N=C(N)Nc2cccc(C)c2)c1. The van der Waals surface area contributed by atoms with Gasteiger partial charge in [0, 0.05) is 52.9 Å². The number of nitrogens with two attached hydrogens (primary N) is 1. The molecule has 0 fully saturated rings. The summed E-state index contributed by atoms with van der Waals surface area (Å²) in [4.78, 5) is 3.51. The zero-order chi connectivity index (χ0) is 46.6. The van der Waals surface area contributed by atoms with Gasteiger partial charge in [-0.3, -0.25) is 0 Å². The maximum absolute atomic E-state index is 12.7. The molecule has 2 aliphatic carbocycles. The molecule has 0 aromatic heterocycles. The second-order valence-electron chi connectivity index (χ2n) is 15.7. The lowest BCUT2D eigenvalue weighted by Crippen LogP contribution is -2.49. The van der Waals surface area contributed by atoms with Crippen LogP contribution in [-0.4, -0.2) is 50.8 Å². The molecule has 0 spiro atoms. The van der Waals surface area contributed by atoms with Gasteiger partial charge < -0.3 is 40.8 Å². The number of benzene rings is 6. The smallest absolute Gasteiger partial charge is 0.236 e. The average Bonchev–Trinajstić information content (AvgIpc) is 3.28. The molecule has 9 rings (SSSR count). The summed E-state index contributed by atoms with van der Waals surface area (Å²) in [5.41, 5.74) is 14.6. The highest BCUT2D eigenvalue weighted by atomic mass is 32.2. The summed E-state index contributed by atoms with van der Waals surface area (Å²) in [7, 11) is -8.35. The molecule has 14 nitrogen and oxygen atoms in total. The topological polar surface area (TPSA) is 213 Å². The number of fused-ring (bicyclic) bond motifs is 4. The van der Waals surface area contributed by atoms with Gasteiger partial charge in [-0.25, -0.2) is 21.8 Å². The fourth-order valence-electron chi connectivity index (χ4n) is 8.22. The van der Waals surface area contributed by atoms with E-state index in [-0.39, 0.29) is 17.0 Å². The Balaban J connectivity index is 0.000000275. The van der Waals surface area contributed by atoms with Gasteiger partial charge in [0.1, 0.15) is 37.7 Å². The molecule has 336 valence electrons. The maximum atomic E-state index is 12.7. The molecule has 2 atom stereocenters. The van der Waals surface area contributed by atoms with E-state index in [9.17, 15) is 25.9 Å². The minimum Gasteiger partial charge on any atom is -0.744 e. The summed E-state index contributed by atoms with van der Waals surface area (Å²) in [5, 5.41) is 13.0. The monoisotopic (exact) mass is 920 g/mol. The fourth-order valence-corrected chi connectivity index (χ4v) is 9.64. The Morgan fingerprint density at radius 2 is 1.42 bits per heavy atom. The van der Waals surface area contributed by atoms with E-state index in [4.69, 9.17) is 10.5 Å². The first-order chi connectivity index (χ1) is 31.6. The van der Waals surface area contributed by atoms with Crippen molar-refractivity contribution < 1.29 is 30.7 Å². The van der Waals surface area contributed by atoms with Crippen molar-refractivity contribution in [2.45, 2.75) is 31.2 Å². The van der Waals surface area contributed by atoms with E-state index in [0.29, 0.717) is 45.7 Å². The summed E-state index contributed by atoms with van der Waals surface area (Å²) in [6.07, 6.45) is 4.86. The third-order valence-electron chi connectivity index (χ3n) is 11.0. The van der Waals surface area contributed by atoms with E-state index in [1.807, 2.05) is 134 Å². The number of hydrogen-bond donors (Lipinski definition) is 5. The van der Waals surface area contributed by atoms with Crippen molar-refractivity contribution in [1.29, 1.82) is 0 Å². The number of nitrogens with zero attached hydrogens (tertiary/aromatic N) is 2. The molecule has 0 radical (unpaired) electrons. The fraction of sp³-hybridized carbons (Fsp3) is 0.120. The molecule has 0 bridgehead atoms. The highest BCUT2D eigenvalue weighted by Gasteiger charge is 2.47. The molecule has 0 saturated carbocycles. The summed E-state index contributed by atoms with van der Waals surface area (Å²) >= 11 is 0. The van der Waals surface area contributed by atoms with Crippen molar-refractivity contribution in [1.82, 2.24) is 4.58 Å². The van der Waals surface area contributed by atoms with Crippen molar-refractivity contribution in [2.75, 3.05) is 28.4 Å². The Labute approximate surface area is 384 Å². The molecule has 6 aromatic carbocycles. The molecule has 1 aliphatic heterocycles. The van der Waals surface area contributed by atoms with Gasteiger partial charge >= 0.3 is 0 Å². The number of hydrogen-bond acceptors (Lipinski definition) is 11. The van der Waals surface area contributed by atoms with Crippen LogP contribution in [0.4, 0.5) is 45.5 Å². The average molecular weight is 921 g/mol. The van der Waals surface area contributed by atoms with Crippen LogP contribution in [0.1, 0.15) is 17.5 Å². The van der Waals surface area contributed by atoms with Crippen LogP contribution < -0.4 is 36.3 Å². The van der Waals surface area contributed by atoms with Gasteiger partial charge in [0.15, 0.2) is 11.7 Å². The van der Waals surface area contributed by atoms with Crippen LogP contribution in [0.2, 0.25) is 0 Å². The van der Waals surface area contributed by atoms with E-state index in [0.717, 1.165) is 22.8 Å². The van der Waals surface area contributed by atoms with E-state index in [1.165, 1.54) is 30.4 Å². The van der Waals surface area contributed by atoms with Crippen molar-refractivity contribution in [3.8, 4) is 5.75 Å². The summed E-state index contributed by atoms with van der Waals surface area (Å²) < 4.78 is 83.1. The van der Waals surface area contributed by atoms with Crippen molar-refractivity contribution in [3.63, 3.8) is 0 Å². The van der Waals surface area contributed by atoms with E-state index >= 15 is 0 Å². The Hall–Kier alpha value is -7.50. The highest BCUT2D eigenvalue weighted by Crippen LogP contribution is 2.47. The molecule has 6 N–H and O–H groups in total. The summed E-state index contributed by atoms with van der Waals surface area (Å²) in [6, 6.07) is 43.8. The van der Waals surface area contributed by atoms with Crippen LogP contribution in [0.15, 0.2) is 190 Å². The van der Waals surface area contributed by atoms with Crippen LogP contribution in [0.25, 0.3) is 0 Å². The van der Waals surface area contributed by atoms with Gasteiger partial charge in [0.25, 0.3) is 0 Å². The second kappa shape index (κ2) is 18.9. The third-order valence-corrected chi connectivity index (χ3v) is 12.8. The molecule has 0 saturated heterocycles. The first-order valence-electron chi connectivity index (χ1n) is 20.8. The molecule has 66 heavy (non-hydrogen) atoms. The Morgan fingerprint density at radius 1 is 0.758 bits per heavy atom. The van der Waals surface area contributed by atoms with Gasteiger partial charge in [-0.05, 0) is 91.2 Å².